The van der Waals surface area contributed by atoms with Crippen LogP contribution in [0.1, 0.15) is 32.3 Å². The predicted octanol–water partition coefficient (Wildman–Crippen LogP) is 4.59. The van der Waals surface area contributed by atoms with Gasteiger partial charge >= 0.3 is 0 Å². The molecule has 3 heteroatoms. The molecule has 1 rings (SSSR count). The van der Waals surface area contributed by atoms with E-state index in [1.165, 1.54) is 18.4 Å². The van der Waals surface area contributed by atoms with Crippen molar-refractivity contribution < 1.29 is 0 Å². The van der Waals surface area contributed by atoms with Crippen molar-refractivity contribution in [2.45, 2.75) is 37.9 Å². The molecule has 0 aromatic carbocycles. The zero-order chi connectivity index (χ0) is 11.3. The molecule has 0 aliphatic rings. The first-order valence-electron chi connectivity index (χ1n) is 5.31. The Kier molecular flexibility index (Phi) is 5.83. The molecule has 1 aromatic rings. The van der Waals surface area contributed by atoms with Crippen LogP contribution in [0.4, 0.5) is 0 Å². The van der Waals surface area contributed by atoms with Crippen LogP contribution in [-0.2, 0) is 6.42 Å². The van der Waals surface area contributed by atoms with Gasteiger partial charge in [-0.25, -0.2) is 0 Å². The van der Waals surface area contributed by atoms with Crippen molar-refractivity contribution in [2.75, 3.05) is 0 Å². The summed E-state index contributed by atoms with van der Waals surface area (Å²) >= 11 is 7.16. The van der Waals surface area contributed by atoms with Crippen LogP contribution in [0.2, 0.25) is 0 Å². The Labute approximate surface area is 109 Å². The molecule has 1 nitrogen and oxygen atoms in total. The Morgan fingerprint density at radius 3 is 2.67 bits per heavy atom. The highest BCUT2D eigenvalue weighted by atomic mass is 79.9. The Balaban J connectivity index is 2.36. The Morgan fingerprint density at radius 1 is 1.33 bits per heavy atom. The normalized spacial score (nSPS) is 13.1. The summed E-state index contributed by atoms with van der Waals surface area (Å²) in [7, 11) is 0. The number of rotatable bonds is 5. The summed E-state index contributed by atoms with van der Waals surface area (Å²) in [5.74, 6) is 0.759. The quantitative estimate of drug-likeness (QED) is 0.718. The molecule has 0 saturated heterocycles. The van der Waals surface area contributed by atoms with Crippen molar-refractivity contribution >= 4 is 31.9 Å². The summed E-state index contributed by atoms with van der Waals surface area (Å²) < 4.78 is 1.06. The molecule has 0 N–H and O–H groups in total. The van der Waals surface area contributed by atoms with Crippen LogP contribution in [0, 0.1) is 5.92 Å². The van der Waals surface area contributed by atoms with E-state index in [0.29, 0.717) is 4.83 Å². The molecular formula is C12H17Br2N. The fourth-order valence-electron chi connectivity index (χ4n) is 1.55. The van der Waals surface area contributed by atoms with Gasteiger partial charge in [-0.05, 0) is 52.7 Å². The first-order valence-corrected chi connectivity index (χ1v) is 7.02. The molecule has 1 atom stereocenters. The topological polar surface area (TPSA) is 12.9 Å². The molecule has 1 unspecified atom stereocenters. The molecule has 1 heterocycles. The van der Waals surface area contributed by atoms with Gasteiger partial charge in [-0.3, -0.25) is 4.98 Å². The maximum atomic E-state index is 4.16. The summed E-state index contributed by atoms with van der Waals surface area (Å²) in [5.41, 5.74) is 1.30. The van der Waals surface area contributed by atoms with Crippen molar-refractivity contribution in [2.24, 2.45) is 5.92 Å². The van der Waals surface area contributed by atoms with E-state index in [0.717, 1.165) is 16.8 Å². The molecule has 0 radical (unpaired) electrons. The van der Waals surface area contributed by atoms with E-state index in [1.807, 2.05) is 12.4 Å². The van der Waals surface area contributed by atoms with Crippen molar-refractivity contribution in [3.8, 4) is 0 Å². The van der Waals surface area contributed by atoms with Gasteiger partial charge in [0.25, 0.3) is 0 Å². The lowest BCUT2D eigenvalue weighted by molar-refractivity contribution is 0.554. The molecule has 0 saturated carbocycles. The summed E-state index contributed by atoms with van der Waals surface area (Å²) in [4.78, 5) is 4.78. The highest BCUT2D eigenvalue weighted by Crippen LogP contribution is 2.19. The van der Waals surface area contributed by atoms with Crippen molar-refractivity contribution in [3.05, 3.63) is 28.5 Å². The van der Waals surface area contributed by atoms with Gasteiger partial charge in [-0.15, -0.1) is 0 Å². The zero-order valence-electron chi connectivity index (χ0n) is 9.21. The van der Waals surface area contributed by atoms with E-state index in [4.69, 9.17) is 0 Å². The minimum atomic E-state index is 0.622. The number of pyridine rings is 1. The lowest BCUT2D eigenvalue weighted by atomic mass is 10.0. The lowest BCUT2D eigenvalue weighted by Crippen LogP contribution is -2.04. The van der Waals surface area contributed by atoms with Crippen LogP contribution in [0.3, 0.4) is 0 Å². The second-order valence-corrected chi connectivity index (χ2v) is 6.49. The van der Waals surface area contributed by atoms with E-state index in [1.54, 1.807) is 0 Å². The number of nitrogens with zero attached hydrogens (tertiary/aromatic N) is 1. The van der Waals surface area contributed by atoms with E-state index in [2.05, 4.69) is 56.8 Å². The molecule has 15 heavy (non-hydrogen) atoms. The predicted molar refractivity (Wildman–Crippen MR) is 72.4 cm³/mol. The molecule has 0 aliphatic carbocycles. The molecule has 0 bridgehead atoms. The number of halogens is 2. The van der Waals surface area contributed by atoms with E-state index in [-0.39, 0.29) is 0 Å². The lowest BCUT2D eigenvalue weighted by Gasteiger charge is -2.11. The van der Waals surface area contributed by atoms with Gasteiger partial charge in [0, 0.05) is 21.7 Å². The standard InChI is InChI=1S/C12H17Br2N/c1-9(2)5-11(13)4-3-10-6-12(14)8-15-7-10/h6-9,11H,3-5H2,1-2H3. The van der Waals surface area contributed by atoms with Crippen LogP contribution in [0.25, 0.3) is 0 Å². The molecule has 84 valence electrons. The fourth-order valence-corrected chi connectivity index (χ4v) is 2.93. The highest BCUT2D eigenvalue weighted by molar-refractivity contribution is 9.10. The second-order valence-electron chi connectivity index (χ2n) is 4.28. The highest BCUT2D eigenvalue weighted by Gasteiger charge is 2.07. The van der Waals surface area contributed by atoms with Crippen LogP contribution >= 0.6 is 31.9 Å². The van der Waals surface area contributed by atoms with E-state index in [9.17, 15) is 0 Å². The first kappa shape index (κ1) is 13.2. The fraction of sp³-hybridized carbons (Fsp3) is 0.583. The van der Waals surface area contributed by atoms with Gasteiger partial charge in [0.05, 0.1) is 0 Å². The number of aryl methyl sites for hydroxylation is 1. The summed E-state index contributed by atoms with van der Waals surface area (Å²) in [5, 5.41) is 0. The maximum Gasteiger partial charge on any atom is 0.0410 e. The molecule has 1 aromatic heterocycles. The number of alkyl halides is 1. The minimum absolute atomic E-state index is 0.622. The van der Waals surface area contributed by atoms with Crippen molar-refractivity contribution in [1.82, 2.24) is 4.98 Å². The number of hydrogen-bond acceptors (Lipinski definition) is 1. The van der Waals surface area contributed by atoms with E-state index >= 15 is 0 Å². The Morgan fingerprint density at radius 2 is 2.07 bits per heavy atom. The van der Waals surface area contributed by atoms with Gasteiger partial charge in [0.2, 0.25) is 0 Å². The van der Waals surface area contributed by atoms with Gasteiger partial charge in [0.15, 0.2) is 0 Å². The van der Waals surface area contributed by atoms with Gasteiger partial charge in [-0.1, -0.05) is 29.8 Å². The first-order chi connectivity index (χ1) is 7.08. The minimum Gasteiger partial charge on any atom is -0.263 e. The summed E-state index contributed by atoms with van der Waals surface area (Å²) in [6.07, 6.45) is 7.27. The van der Waals surface area contributed by atoms with Crippen molar-refractivity contribution in [3.63, 3.8) is 0 Å². The maximum absolute atomic E-state index is 4.16. The average molecular weight is 335 g/mol. The number of aromatic nitrogens is 1. The van der Waals surface area contributed by atoms with Crippen molar-refractivity contribution in [1.29, 1.82) is 0 Å². The smallest absolute Gasteiger partial charge is 0.0410 e. The monoisotopic (exact) mass is 333 g/mol. The van der Waals surface area contributed by atoms with E-state index < -0.39 is 0 Å². The summed E-state index contributed by atoms with van der Waals surface area (Å²) in [6, 6.07) is 2.14. The van der Waals surface area contributed by atoms with Crippen LogP contribution < -0.4 is 0 Å². The Bertz CT molecular complexity index is 299. The molecular weight excluding hydrogens is 318 g/mol. The molecule has 0 aliphatic heterocycles. The van der Waals surface area contributed by atoms with Crippen LogP contribution in [0.15, 0.2) is 22.9 Å². The SMILES string of the molecule is CC(C)CC(Br)CCc1cncc(Br)c1. The third-order valence-corrected chi connectivity index (χ3v) is 3.50. The average Bonchev–Trinajstić information content (AvgIpc) is 2.14. The molecule has 0 fully saturated rings. The Hall–Kier alpha value is 0.110. The van der Waals surface area contributed by atoms with Gasteiger partial charge < -0.3 is 0 Å². The third-order valence-electron chi connectivity index (χ3n) is 2.23. The number of hydrogen-bond donors (Lipinski definition) is 0. The summed E-state index contributed by atoms with van der Waals surface area (Å²) in [6.45, 7) is 4.52. The van der Waals surface area contributed by atoms with Crippen LogP contribution in [-0.4, -0.2) is 9.81 Å². The van der Waals surface area contributed by atoms with Crippen LogP contribution in [0.5, 0.6) is 0 Å². The largest absolute Gasteiger partial charge is 0.263 e. The van der Waals surface area contributed by atoms with Gasteiger partial charge in [-0.2, -0.15) is 0 Å². The molecule has 0 amide bonds. The third kappa shape index (κ3) is 5.67. The molecule has 0 spiro atoms. The second kappa shape index (κ2) is 6.64. The van der Waals surface area contributed by atoms with Gasteiger partial charge in [0.1, 0.15) is 0 Å². The zero-order valence-corrected chi connectivity index (χ0v) is 12.4.